The fraction of sp³-hybridized carbons (Fsp3) is 0.125. The van der Waals surface area contributed by atoms with E-state index in [1.165, 1.54) is 28.7 Å². The van der Waals surface area contributed by atoms with Crippen molar-refractivity contribution >= 4 is 52.2 Å². The number of halogens is 2. The van der Waals surface area contributed by atoms with Gasteiger partial charge >= 0.3 is 0 Å². The van der Waals surface area contributed by atoms with Crippen molar-refractivity contribution in [1.29, 1.82) is 0 Å². The van der Waals surface area contributed by atoms with E-state index in [4.69, 9.17) is 32.6 Å². The number of furan rings is 1. The molecule has 43 heavy (non-hydrogen) atoms. The largest absolute Gasteiger partial charge is 0.461 e. The molecule has 0 fully saturated rings. The molecule has 0 saturated heterocycles. The number of thioether (sulfide) groups is 1. The zero-order valence-electron chi connectivity index (χ0n) is 22.8. The first-order chi connectivity index (χ1) is 21.0. The van der Waals surface area contributed by atoms with Gasteiger partial charge in [0.1, 0.15) is 10.7 Å². The van der Waals surface area contributed by atoms with E-state index in [0.717, 1.165) is 22.7 Å². The van der Waals surface area contributed by atoms with Crippen LogP contribution < -0.4 is 0 Å². The van der Waals surface area contributed by atoms with Crippen LogP contribution >= 0.6 is 46.3 Å². The first kappa shape index (κ1) is 29.2. The third-order valence-electron chi connectivity index (χ3n) is 6.65. The van der Waals surface area contributed by atoms with E-state index in [9.17, 15) is 4.79 Å². The summed E-state index contributed by atoms with van der Waals surface area (Å²) in [5.74, 6) is 1.52. The van der Waals surface area contributed by atoms with Crippen LogP contribution in [0.25, 0.3) is 17.3 Å². The van der Waals surface area contributed by atoms with Crippen LogP contribution in [0.4, 0.5) is 0 Å². The van der Waals surface area contributed by atoms with E-state index in [2.05, 4.69) is 22.3 Å². The zero-order chi connectivity index (χ0) is 29.6. The topological polar surface area (TPSA) is 77.0 Å². The summed E-state index contributed by atoms with van der Waals surface area (Å²) in [6.45, 7) is 1.10. The molecular formula is C32H25Cl2N5O2S2. The molecule has 0 aliphatic rings. The average Bonchev–Trinajstić information content (AvgIpc) is 3.82. The maximum absolute atomic E-state index is 13.7. The second-order valence-corrected chi connectivity index (χ2v) is 12.3. The number of rotatable bonds is 11. The van der Waals surface area contributed by atoms with Crippen LogP contribution in [-0.2, 0) is 18.7 Å². The monoisotopic (exact) mass is 645 g/mol. The van der Waals surface area contributed by atoms with E-state index in [1.807, 2.05) is 75.5 Å². The number of amides is 1. The Kier molecular flexibility index (Phi) is 9.24. The highest BCUT2D eigenvalue weighted by atomic mass is 35.5. The van der Waals surface area contributed by atoms with Crippen molar-refractivity contribution < 1.29 is 9.21 Å². The normalized spacial score (nSPS) is 11.1. The van der Waals surface area contributed by atoms with Crippen LogP contribution in [0.5, 0.6) is 0 Å². The maximum Gasteiger partial charge on any atom is 0.273 e. The van der Waals surface area contributed by atoms with Gasteiger partial charge in [0.05, 0.1) is 27.7 Å². The molecule has 0 radical (unpaired) electrons. The van der Waals surface area contributed by atoms with Crippen molar-refractivity contribution in [3.8, 4) is 17.3 Å². The Morgan fingerprint density at radius 3 is 2.40 bits per heavy atom. The number of hydrogen-bond acceptors (Lipinski definition) is 7. The Labute approximate surface area is 267 Å². The molecule has 0 aliphatic heterocycles. The van der Waals surface area contributed by atoms with Crippen LogP contribution in [0.3, 0.4) is 0 Å². The van der Waals surface area contributed by atoms with E-state index < -0.39 is 0 Å². The van der Waals surface area contributed by atoms with Gasteiger partial charge in [-0.3, -0.25) is 9.36 Å². The first-order valence-corrected chi connectivity index (χ1v) is 16.1. The van der Waals surface area contributed by atoms with Crippen LogP contribution in [-0.4, -0.2) is 37.1 Å². The van der Waals surface area contributed by atoms with Crippen molar-refractivity contribution in [2.45, 2.75) is 23.9 Å². The molecule has 3 aromatic carbocycles. The molecule has 11 heteroatoms. The predicted molar refractivity (Wildman–Crippen MR) is 172 cm³/mol. The summed E-state index contributed by atoms with van der Waals surface area (Å²) in [5, 5.41) is 13.0. The van der Waals surface area contributed by atoms with Gasteiger partial charge in [-0.15, -0.1) is 21.5 Å². The SMILES string of the molecule is O=C(c1csc(CSc2nnc(-c3ccco3)n2-c2ccc(Cl)c(Cl)c2)n1)N(CCc1ccccc1)Cc1ccccc1. The molecule has 7 nitrogen and oxygen atoms in total. The zero-order valence-corrected chi connectivity index (χ0v) is 25.9. The third-order valence-corrected chi connectivity index (χ3v) is 9.36. The summed E-state index contributed by atoms with van der Waals surface area (Å²) in [4.78, 5) is 20.3. The highest BCUT2D eigenvalue weighted by Crippen LogP contribution is 2.33. The minimum Gasteiger partial charge on any atom is -0.461 e. The van der Waals surface area contributed by atoms with Crippen molar-refractivity contribution in [3.05, 3.63) is 135 Å². The average molecular weight is 647 g/mol. The molecule has 0 aliphatic carbocycles. The van der Waals surface area contributed by atoms with Gasteiger partial charge in [0.25, 0.3) is 5.91 Å². The van der Waals surface area contributed by atoms with Crippen LogP contribution in [0, 0.1) is 0 Å². The Hall–Kier alpha value is -3.89. The minimum atomic E-state index is -0.0913. The predicted octanol–water partition coefficient (Wildman–Crippen LogP) is 8.47. The number of carbonyl (C=O) groups excluding carboxylic acids is 1. The lowest BCUT2D eigenvalue weighted by molar-refractivity contribution is 0.0740. The lowest BCUT2D eigenvalue weighted by Crippen LogP contribution is -2.32. The summed E-state index contributed by atoms with van der Waals surface area (Å²) >= 11 is 15.4. The van der Waals surface area contributed by atoms with E-state index in [1.54, 1.807) is 24.5 Å². The molecule has 0 spiro atoms. The number of carbonyl (C=O) groups is 1. The van der Waals surface area contributed by atoms with Gasteiger partial charge in [-0.25, -0.2) is 4.98 Å². The molecule has 0 unspecified atom stereocenters. The Morgan fingerprint density at radius 2 is 1.67 bits per heavy atom. The third kappa shape index (κ3) is 7.02. The van der Waals surface area contributed by atoms with Gasteiger partial charge in [0.2, 0.25) is 5.82 Å². The molecule has 216 valence electrons. The fourth-order valence-electron chi connectivity index (χ4n) is 4.51. The smallest absolute Gasteiger partial charge is 0.273 e. The number of thiazole rings is 1. The fourth-order valence-corrected chi connectivity index (χ4v) is 6.54. The second-order valence-electron chi connectivity index (χ2n) is 9.58. The van der Waals surface area contributed by atoms with Gasteiger partial charge < -0.3 is 9.32 Å². The molecular weight excluding hydrogens is 621 g/mol. The van der Waals surface area contributed by atoms with Crippen LogP contribution in [0.15, 0.2) is 112 Å². The molecule has 3 aromatic heterocycles. The Morgan fingerprint density at radius 1 is 0.907 bits per heavy atom. The lowest BCUT2D eigenvalue weighted by atomic mass is 10.1. The van der Waals surface area contributed by atoms with Crippen molar-refractivity contribution in [2.24, 2.45) is 0 Å². The summed E-state index contributed by atoms with van der Waals surface area (Å²) in [7, 11) is 0. The van der Waals surface area contributed by atoms with Gasteiger partial charge in [-0.05, 0) is 47.9 Å². The Balaban J connectivity index is 1.20. The highest BCUT2D eigenvalue weighted by molar-refractivity contribution is 7.98. The molecule has 1 amide bonds. The summed E-state index contributed by atoms with van der Waals surface area (Å²) in [6.07, 6.45) is 2.35. The molecule has 0 saturated carbocycles. The maximum atomic E-state index is 13.7. The van der Waals surface area contributed by atoms with Gasteiger partial charge in [0, 0.05) is 18.5 Å². The van der Waals surface area contributed by atoms with E-state index in [0.29, 0.717) is 51.3 Å². The molecule has 3 heterocycles. The highest BCUT2D eigenvalue weighted by Gasteiger charge is 2.22. The molecule has 0 atom stereocenters. The summed E-state index contributed by atoms with van der Waals surface area (Å²) < 4.78 is 7.48. The van der Waals surface area contributed by atoms with Gasteiger partial charge in [-0.1, -0.05) is 95.6 Å². The van der Waals surface area contributed by atoms with Gasteiger partial charge in [0.15, 0.2) is 10.9 Å². The number of aromatic nitrogens is 4. The number of nitrogens with zero attached hydrogens (tertiary/aromatic N) is 5. The van der Waals surface area contributed by atoms with E-state index >= 15 is 0 Å². The van der Waals surface area contributed by atoms with E-state index in [-0.39, 0.29) is 5.91 Å². The first-order valence-electron chi connectivity index (χ1n) is 13.4. The lowest BCUT2D eigenvalue weighted by Gasteiger charge is -2.22. The van der Waals surface area contributed by atoms with Crippen LogP contribution in [0.2, 0.25) is 10.0 Å². The van der Waals surface area contributed by atoms with Crippen LogP contribution in [0.1, 0.15) is 26.6 Å². The van der Waals surface area contributed by atoms with Crippen molar-refractivity contribution in [2.75, 3.05) is 6.54 Å². The number of benzene rings is 3. The van der Waals surface area contributed by atoms with Gasteiger partial charge in [-0.2, -0.15) is 0 Å². The molecule has 6 rings (SSSR count). The summed E-state index contributed by atoms with van der Waals surface area (Å²) in [6, 6.07) is 29.2. The number of hydrogen-bond donors (Lipinski definition) is 0. The second kappa shape index (κ2) is 13.6. The molecule has 0 N–H and O–H groups in total. The van der Waals surface area contributed by atoms with Crippen molar-refractivity contribution in [3.63, 3.8) is 0 Å². The van der Waals surface area contributed by atoms with Crippen molar-refractivity contribution in [1.82, 2.24) is 24.6 Å². The Bertz CT molecular complexity index is 1810. The minimum absolute atomic E-state index is 0.0913. The summed E-state index contributed by atoms with van der Waals surface area (Å²) in [5.41, 5.74) is 3.44. The standard InChI is InChI=1S/C32H25Cl2N5O2S2/c33-25-14-13-24(18-26(25)34)39-30(28-12-7-17-41-28)36-37-32(39)43-21-29-35-27(20-42-29)31(40)38(19-23-10-5-2-6-11-23)16-15-22-8-3-1-4-9-22/h1-14,17-18,20H,15-16,19,21H2. The quantitative estimate of drug-likeness (QED) is 0.132. The molecule has 0 bridgehead atoms. The molecule has 6 aromatic rings.